The van der Waals surface area contributed by atoms with E-state index in [4.69, 9.17) is 14.7 Å². The number of ether oxygens (including phenoxy) is 1. The van der Waals surface area contributed by atoms with Crippen molar-refractivity contribution in [2.45, 2.75) is 20.0 Å². The molecule has 2 aromatic heterocycles. The Balaban J connectivity index is 1.45. The fraction of sp³-hybridized carbons (Fsp3) is 0.381. The third kappa shape index (κ3) is 4.83. The van der Waals surface area contributed by atoms with Crippen LogP contribution in [0, 0.1) is 0 Å². The minimum absolute atomic E-state index is 0.228. The Hall–Kier alpha value is -2.71. The summed E-state index contributed by atoms with van der Waals surface area (Å²) in [5, 5.41) is 6.58. The van der Waals surface area contributed by atoms with Crippen LogP contribution in [0.25, 0.3) is 10.9 Å². The molecule has 3 heterocycles. The van der Waals surface area contributed by atoms with Crippen LogP contribution in [0.15, 0.2) is 41.8 Å². The zero-order chi connectivity index (χ0) is 20.1. The lowest BCUT2D eigenvalue weighted by Crippen LogP contribution is -2.48. The number of amides is 1. The van der Waals surface area contributed by atoms with Crippen LogP contribution in [-0.4, -0.2) is 58.6 Å². The van der Waals surface area contributed by atoms with Crippen LogP contribution in [0.4, 0.5) is 10.6 Å². The molecule has 152 valence electrons. The lowest BCUT2D eigenvalue weighted by atomic mass is 10.2. The molecule has 1 aromatic carbocycles. The van der Waals surface area contributed by atoms with Crippen molar-refractivity contribution in [1.29, 1.82) is 0 Å². The quantitative estimate of drug-likeness (QED) is 0.669. The fourth-order valence-electron chi connectivity index (χ4n) is 3.42. The summed E-state index contributed by atoms with van der Waals surface area (Å²) in [7, 11) is 0. The van der Waals surface area contributed by atoms with Gasteiger partial charge >= 0.3 is 6.09 Å². The first-order valence-corrected chi connectivity index (χ1v) is 10.8. The summed E-state index contributed by atoms with van der Waals surface area (Å²) in [6.45, 7) is 6.54. The Morgan fingerprint density at radius 3 is 2.72 bits per heavy atom. The molecule has 1 N–H and O–H groups in total. The average Bonchev–Trinajstić information content (AvgIpc) is 3.26. The number of aromatic nitrogens is 2. The highest BCUT2D eigenvalue weighted by molar-refractivity contribution is 7.09. The van der Waals surface area contributed by atoms with E-state index in [9.17, 15) is 4.79 Å². The number of fused-ring (bicyclic) bond motifs is 1. The first-order chi connectivity index (χ1) is 14.2. The molecule has 0 aliphatic carbocycles. The van der Waals surface area contributed by atoms with Gasteiger partial charge in [0, 0.05) is 36.4 Å². The topological polar surface area (TPSA) is 70.6 Å². The van der Waals surface area contributed by atoms with E-state index in [1.165, 1.54) is 4.88 Å². The second kappa shape index (κ2) is 9.19. The SMILES string of the molecule is CCOC(=O)N1CCN(Cc2nc(NCc3cccs3)c3ccccc3n2)CC1. The van der Waals surface area contributed by atoms with Crippen LogP contribution < -0.4 is 5.32 Å². The maximum Gasteiger partial charge on any atom is 0.409 e. The number of carbonyl (C=O) groups excluding carboxylic acids is 1. The fourth-order valence-corrected chi connectivity index (χ4v) is 4.06. The molecule has 7 nitrogen and oxygen atoms in total. The van der Waals surface area contributed by atoms with Gasteiger partial charge in [0.1, 0.15) is 11.6 Å². The highest BCUT2D eigenvalue weighted by Crippen LogP contribution is 2.22. The first-order valence-electron chi connectivity index (χ1n) is 9.89. The highest BCUT2D eigenvalue weighted by atomic mass is 32.1. The number of para-hydroxylation sites is 1. The van der Waals surface area contributed by atoms with Gasteiger partial charge < -0.3 is 15.0 Å². The number of nitrogens with zero attached hydrogens (tertiary/aromatic N) is 4. The summed E-state index contributed by atoms with van der Waals surface area (Å²) in [6.07, 6.45) is -0.228. The number of anilines is 1. The molecule has 8 heteroatoms. The maximum absolute atomic E-state index is 11.9. The van der Waals surface area contributed by atoms with Crippen molar-refractivity contribution in [2.75, 3.05) is 38.1 Å². The Morgan fingerprint density at radius 1 is 1.14 bits per heavy atom. The van der Waals surface area contributed by atoms with Crippen molar-refractivity contribution in [1.82, 2.24) is 19.8 Å². The van der Waals surface area contributed by atoms with E-state index in [0.717, 1.165) is 42.2 Å². The van der Waals surface area contributed by atoms with Crippen molar-refractivity contribution in [3.8, 4) is 0 Å². The molecule has 1 amide bonds. The monoisotopic (exact) mass is 411 g/mol. The summed E-state index contributed by atoms with van der Waals surface area (Å²) in [4.78, 5) is 26.8. The predicted octanol–water partition coefficient (Wildman–Crippen LogP) is 3.58. The summed E-state index contributed by atoms with van der Waals surface area (Å²) in [5.41, 5.74) is 0.941. The van der Waals surface area contributed by atoms with Gasteiger partial charge in [-0.2, -0.15) is 0 Å². The number of hydrogen-bond donors (Lipinski definition) is 1. The van der Waals surface area contributed by atoms with Gasteiger partial charge in [-0.3, -0.25) is 4.90 Å². The molecule has 3 aromatic rings. The van der Waals surface area contributed by atoms with E-state index < -0.39 is 0 Å². The maximum atomic E-state index is 11.9. The molecule has 0 saturated carbocycles. The van der Waals surface area contributed by atoms with Crippen LogP contribution in [0.2, 0.25) is 0 Å². The number of piperazine rings is 1. The van der Waals surface area contributed by atoms with Crippen molar-refractivity contribution in [2.24, 2.45) is 0 Å². The molecule has 1 aliphatic rings. The number of rotatable bonds is 6. The van der Waals surface area contributed by atoms with E-state index in [2.05, 4.69) is 27.7 Å². The standard InChI is InChI=1S/C21H25N5O2S/c1-2-28-21(27)26-11-9-25(10-12-26)15-19-23-18-8-4-3-7-17(18)20(24-19)22-14-16-6-5-13-29-16/h3-8,13H,2,9-12,14-15H2,1H3,(H,22,23,24). The number of carbonyl (C=O) groups is 1. The zero-order valence-electron chi connectivity index (χ0n) is 16.5. The number of benzene rings is 1. The number of hydrogen-bond acceptors (Lipinski definition) is 7. The molecule has 0 radical (unpaired) electrons. The van der Waals surface area contributed by atoms with Crippen LogP contribution >= 0.6 is 11.3 Å². The molecule has 1 saturated heterocycles. The molecular formula is C21H25N5O2S. The Kier molecular flexibility index (Phi) is 6.21. The second-order valence-electron chi connectivity index (χ2n) is 6.90. The van der Waals surface area contributed by atoms with Gasteiger partial charge in [-0.25, -0.2) is 14.8 Å². The lowest BCUT2D eigenvalue weighted by molar-refractivity contribution is 0.0772. The second-order valence-corrected chi connectivity index (χ2v) is 7.93. The molecule has 0 spiro atoms. The molecule has 1 aliphatic heterocycles. The summed E-state index contributed by atoms with van der Waals surface area (Å²) in [5.74, 6) is 1.66. The lowest BCUT2D eigenvalue weighted by Gasteiger charge is -2.33. The van der Waals surface area contributed by atoms with Gasteiger partial charge in [-0.1, -0.05) is 18.2 Å². The van der Waals surface area contributed by atoms with E-state index in [1.807, 2.05) is 31.2 Å². The van der Waals surface area contributed by atoms with E-state index in [-0.39, 0.29) is 6.09 Å². The Bertz CT molecular complexity index is 955. The van der Waals surface area contributed by atoms with Crippen molar-refractivity contribution in [3.63, 3.8) is 0 Å². The molecule has 0 atom stereocenters. The number of thiophene rings is 1. The Morgan fingerprint density at radius 2 is 1.97 bits per heavy atom. The number of nitrogens with one attached hydrogen (secondary N) is 1. The van der Waals surface area contributed by atoms with Crippen LogP contribution in [-0.2, 0) is 17.8 Å². The van der Waals surface area contributed by atoms with Gasteiger partial charge in [-0.15, -0.1) is 11.3 Å². The van der Waals surface area contributed by atoms with Gasteiger partial charge in [0.2, 0.25) is 0 Å². The van der Waals surface area contributed by atoms with Gasteiger partial charge in [0.05, 0.1) is 25.2 Å². The van der Waals surface area contributed by atoms with Crippen LogP contribution in [0.1, 0.15) is 17.6 Å². The smallest absolute Gasteiger partial charge is 0.409 e. The zero-order valence-corrected chi connectivity index (χ0v) is 17.3. The summed E-state index contributed by atoms with van der Waals surface area (Å²) in [6, 6.07) is 12.3. The van der Waals surface area contributed by atoms with Crippen LogP contribution in [0.3, 0.4) is 0 Å². The first kappa shape index (κ1) is 19.6. The minimum Gasteiger partial charge on any atom is -0.450 e. The van der Waals surface area contributed by atoms with Gasteiger partial charge in [0.25, 0.3) is 0 Å². The van der Waals surface area contributed by atoms with Crippen LogP contribution in [0.5, 0.6) is 0 Å². The normalized spacial score (nSPS) is 14.9. The van der Waals surface area contributed by atoms with Crippen molar-refractivity contribution < 1.29 is 9.53 Å². The third-order valence-corrected chi connectivity index (χ3v) is 5.80. The minimum atomic E-state index is -0.228. The largest absolute Gasteiger partial charge is 0.450 e. The van der Waals surface area contributed by atoms with Crippen molar-refractivity contribution in [3.05, 3.63) is 52.5 Å². The molecular weight excluding hydrogens is 386 g/mol. The predicted molar refractivity (Wildman–Crippen MR) is 115 cm³/mol. The van der Waals surface area contributed by atoms with E-state index >= 15 is 0 Å². The van der Waals surface area contributed by atoms with Gasteiger partial charge in [-0.05, 0) is 30.5 Å². The van der Waals surface area contributed by atoms with Gasteiger partial charge in [0.15, 0.2) is 0 Å². The van der Waals surface area contributed by atoms with E-state index in [1.54, 1.807) is 16.2 Å². The third-order valence-electron chi connectivity index (χ3n) is 4.92. The Labute approximate surface area is 174 Å². The molecule has 29 heavy (non-hydrogen) atoms. The molecule has 0 unspecified atom stereocenters. The molecule has 0 bridgehead atoms. The summed E-state index contributed by atoms with van der Waals surface area (Å²) >= 11 is 1.73. The summed E-state index contributed by atoms with van der Waals surface area (Å²) < 4.78 is 5.09. The molecule has 4 rings (SSSR count). The average molecular weight is 412 g/mol. The molecule has 1 fully saturated rings. The van der Waals surface area contributed by atoms with Crippen molar-refractivity contribution >= 4 is 34.2 Å². The highest BCUT2D eigenvalue weighted by Gasteiger charge is 2.22. The van der Waals surface area contributed by atoms with E-state index in [0.29, 0.717) is 26.2 Å².